The third-order valence-electron chi connectivity index (χ3n) is 3.52. The molecular weight excluding hydrogens is 242 g/mol. The summed E-state index contributed by atoms with van der Waals surface area (Å²) in [6.45, 7) is 2.48. The van der Waals surface area contributed by atoms with E-state index in [1.165, 1.54) is 0 Å². The average Bonchev–Trinajstić information content (AvgIpc) is 2.91. The molecule has 0 aliphatic carbocycles. The van der Waals surface area contributed by atoms with Crippen molar-refractivity contribution in [3.8, 4) is 0 Å². The van der Waals surface area contributed by atoms with Crippen molar-refractivity contribution < 1.29 is 4.74 Å². The summed E-state index contributed by atoms with van der Waals surface area (Å²) in [6.07, 6.45) is 1.07. The Bertz CT molecular complexity index is 632. The Labute approximate surface area is 111 Å². The standard InChI is InChI=1S/C14H17N3O2/c1-17(8-10-6-7-19-9-10)14-15-12-5-3-2-4-11(12)13(18)16-14/h2-5,10H,6-9H2,1H3,(H,15,16,18). The predicted octanol–water partition coefficient (Wildman–Crippen LogP) is 1.40. The molecule has 2 heterocycles. The van der Waals surface area contributed by atoms with Gasteiger partial charge in [0.1, 0.15) is 0 Å². The van der Waals surface area contributed by atoms with Crippen LogP contribution in [0, 0.1) is 5.92 Å². The number of nitrogens with zero attached hydrogens (tertiary/aromatic N) is 2. The normalized spacial score (nSPS) is 18.9. The Morgan fingerprint density at radius 1 is 1.47 bits per heavy atom. The van der Waals surface area contributed by atoms with Gasteiger partial charge in [-0.05, 0) is 18.6 Å². The smallest absolute Gasteiger partial charge is 0.260 e. The highest BCUT2D eigenvalue weighted by molar-refractivity contribution is 5.78. The van der Waals surface area contributed by atoms with Crippen molar-refractivity contribution in [1.82, 2.24) is 9.97 Å². The summed E-state index contributed by atoms with van der Waals surface area (Å²) in [5.41, 5.74) is 0.644. The van der Waals surface area contributed by atoms with Crippen molar-refractivity contribution in [1.29, 1.82) is 0 Å². The van der Waals surface area contributed by atoms with Crippen LogP contribution in [-0.2, 0) is 4.74 Å². The molecule has 3 rings (SSSR count). The Hall–Kier alpha value is -1.88. The maximum Gasteiger partial charge on any atom is 0.260 e. The van der Waals surface area contributed by atoms with Crippen LogP contribution in [0.25, 0.3) is 10.9 Å². The molecule has 1 aliphatic rings. The number of fused-ring (bicyclic) bond motifs is 1. The molecule has 0 amide bonds. The Morgan fingerprint density at radius 2 is 2.32 bits per heavy atom. The number of anilines is 1. The maximum absolute atomic E-state index is 12.0. The third-order valence-corrected chi connectivity index (χ3v) is 3.52. The highest BCUT2D eigenvalue weighted by atomic mass is 16.5. The van der Waals surface area contributed by atoms with E-state index >= 15 is 0 Å². The van der Waals surface area contributed by atoms with Crippen LogP contribution in [0.1, 0.15) is 6.42 Å². The molecule has 1 aliphatic heterocycles. The van der Waals surface area contributed by atoms with Crippen LogP contribution < -0.4 is 10.5 Å². The summed E-state index contributed by atoms with van der Waals surface area (Å²) >= 11 is 0. The van der Waals surface area contributed by atoms with Crippen LogP contribution in [0.15, 0.2) is 29.1 Å². The quantitative estimate of drug-likeness (QED) is 0.905. The van der Waals surface area contributed by atoms with E-state index in [4.69, 9.17) is 4.74 Å². The van der Waals surface area contributed by atoms with Gasteiger partial charge in [0, 0.05) is 26.1 Å². The fourth-order valence-corrected chi connectivity index (χ4v) is 2.46. The zero-order valence-corrected chi connectivity index (χ0v) is 10.9. The molecule has 19 heavy (non-hydrogen) atoms. The number of benzene rings is 1. The van der Waals surface area contributed by atoms with E-state index < -0.39 is 0 Å². The first kappa shape index (κ1) is 12.2. The number of hydrogen-bond acceptors (Lipinski definition) is 4. The van der Waals surface area contributed by atoms with Crippen molar-refractivity contribution in [2.45, 2.75) is 6.42 Å². The number of nitrogens with one attached hydrogen (secondary N) is 1. The van der Waals surface area contributed by atoms with Gasteiger partial charge >= 0.3 is 0 Å². The van der Waals surface area contributed by atoms with Crippen molar-refractivity contribution in [2.24, 2.45) is 5.92 Å². The second-order valence-electron chi connectivity index (χ2n) is 5.02. The number of hydrogen-bond donors (Lipinski definition) is 1. The fourth-order valence-electron chi connectivity index (χ4n) is 2.46. The van der Waals surface area contributed by atoms with E-state index in [2.05, 4.69) is 9.97 Å². The highest BCUT2D eigenvalue weighted by Crippen LogP contribution is 2.16. The van der Waals surface area contributed by atoms with Crippen LogP contribution in [0.2, 0.25) is 0 Å². The summed E-state index contributed by atoms with van der Waals surface area (Å²) in [4.78, 5) is 21.3. The van der Waals surface area contributed by atoms with Crippen molar-refractivity contribution >= 4 is 16.9 Å². The molecule has 1 N–H and O–H groups in total. The molecule has 5 heteroatoms. The van der Waals surface area contributed by atoms with Gasteiger partial charge in [-0.1, -0.05) is 12.1 Å². The summed E-state index contributed by atoms with van der Waals surface area (Å²) < 4.78 is 5.37. The van der Waals surface area contributed by atoms with E-state index in [-0.39, 0.29) is 5.56 Å². The molecule has 5 nitrogen and oxygen atoms in total. The van der Waals surface area contributed by atoms with Gasteiger partial charge in [-0.3, -0.25) is 9.78 Å². The van der Waals surface area contributed by atoms with E-state index in [0.29, 0.717) is 17.3 Å². The number of rotatable bonds is 3. The van der Waals surface area contributed by atoms with Crippen LogP contribution in [0.4, 0.5) is 5.95 Å². The number of ether oxygens (including phenoxy) is 1. The lowest BCUT2D eigenvalue weighted by molar-refractivity contribution is 0.186. The summed E-state index contributed by atoms with van der Waals surface area (Å²) in [5, 5.41) is 0.629. The monoisotopic (exact) mass is 259 g/mol. The Kier molecular flexibility index (Phi) is 3.21. The lowest BCUT2D eigenvalue weighted by atomic mass is 10.1. The molecule has 1 unspecified atom stereocenters. The minimum absolute atomic E-state index is 0.0879. The zero-order chi connectivity index (χ0) is 13.2. The molecule has 2 aromatic rings. The van der Waals surface area contributed by atoms with Gasteiger partial charge in [0.15, 0.2) is 0 Å². The molecule has 0 radical (unpaired) electrons. The Balaban J connectivity index is 1.89. The Morgan fingerprint density at radius 3 is 3.11 bits per heavy atom. The van der Waals surface area contributed by atoms with E-state index in [1.807, 2.05) is 30.1 Å². The van der Waals surface area contributed by atoms with Gasteiger partial charge < -0.3 is 9.64 Å². The number of H-pyrrole nitrogens is 1. The molecule has 0 bridgehead atoms. The summed E-state index contributed by atoms with van der Waals surface area (Å²) in [7, 11) is 1.95. The second-order valence-corrected chi connectivity index (χ2v) is 5.02. The molecular formula is C14H17N3O2. The van der Waals surface area contributed by atoms with Gasteiger partial charge in [0.05, 0.1) is 17.5 Å². The molecule has 1 fully saturated rings. The SMILES string of the molecule is CN(CC1CCOC1)c1nc2ccccc2c(=O)[nH]1. The van der Waals surface area contributed by atoms with Crippen LogP contribution in [-0.4, -0.2) is 36.8 Å². The van der Waals surface area contributed by atoms with Crippen LogP contribution in [0.3, 0.4) is 0 Å². The molecule has 0 spiro atoms. The highest BCUT2D eigenvalue weighted by Gasteiger charge is 2.18. The van der Waals surface area contributed by atoms with E-state index in [0.717, 1.165) is 31.7 Å². The first-order valence-corrected chi connectivity index (χ1v) is 6.52. The molecule has 1 aromatic carbocycles. The summed E-state index contributed by atoms with van der Waals surface area (Å²) in [6, 6.07) is 7.39. The molecule has 1 atom stereocenters. The zero-order valence-electron chi connectivity index (χ0n) is 10.9. The number of para-hydroxylation sites is 1. The van der Waals surface area contributed by atoms with Gasteiger partial charge in [0.2, 0.25) is 5.95 Å². The van der Waals surface area contributed by atoms with Crippen LogP contribution in [0.5, 0.6) is 0 Å². The average molecular weight is 259 g/mol. The minimum atomic E-state index is -0.0879. The third kappa shape index (κ3) is 2.46. The summed E-state index contributed by atoms with van der Waals surface area (Å²) in [5.74, 6) is 1.14. The lowest BCUT2D eigenvalue weighted by Gasteiger charge is -2.20. The molecule has 0 saturated carbocycles. The largest absolute Gasteiger partial charge is 0.381 e. The van der Waals surface area contributed by atoms with Gasteiger partial charge in [-0.25, -0.2) is 4.98 Å². The van der Waals surface area contributed by atoms with Crippen LogP contribution >= 0.6 is 0 Å². The molecule has 1 saturated heterocycles. The van der Waals surface area contributed by atoms with E-state index in [9.17, 15) is 4.79 Å². The van der Waals surface area contributed by atoms with Crippen molar-refractivity contribution in [3.63, 3.8) is 0 Å². The number of aromatic amines is 1. The second kappa shape index (κ2) is 5.01. The maximum atomic E-state index is 12.0. The lowest BCUT2D eigenvalue weighted by Crippen LogP contribution is -2.29. The molecule has 1 aromatic heterocycles. The predicted molar refractivity (Wildman–Crippen MR) is 74.6 cm³/mol. The number of aromatic nitrogens is 2. The van der Waals surface area contributed by atoms with Crippen molar-refractivity contribution in [2.75, 3.05) is 31.7 Å². The first-order chi connectivity index (χ1) is 9.24. The van der Waals surface area contributed by atoms with Gasteiger partial charge in [-0.2, -0.15) is 0 Å². The van der Waals surface area contributed by atoms with Crippen molar-refractivity contribution in [3.05, 3.63) is 34.6 Å². The molecule has 100 valence electrons. The topological polar surface area (TPSA) is 58.2 Å². The minimum Gasteiger partial charge on any atom is -0.381 e. The first-order valence-electron chi connectivity index (χ1n) is 6.52. The van der Waals surface area contributed by atoms with Gasteiger partial charge in [0.25, 0.3) is 5.56 Å². The fraction of sp³-hybridized carbons (Fsp3) is 0.429. The van der Waals surface area contributed by atoms with E-state index in [1.54, 1.807) is 6.07 Å². The van der Waals surface area contributed by atoms with Gasteiger partial charge in [-0.15, -0.1) is 0 Å².